The molecule has 3 nitrogen and oxygen atoms in total. The normalized spacial score (nSPS) is 9.39. The van der Waals surface area contributed by atoms with Crippen LogP contribution in [-0.2, 0) is 0 Å². The average Bonchev–Trinajstić information content (AvgIpc) is 2.54. The topological polar surface area (TPSA) is 38.3 Å². The molecule has 0 heterocycles. The van der Waals surface area contributed by atoms with Gasteiger partial charge in [0, 0.05) is 5.56 Å². The lowest BCUT2D eigenvalue weighted by atomic mass is 10.2. The maximum absolute atomic E-state index is 10.7. The lowest BCUT2D eigenvalue weighted by Gasteiger charge is -2.03. The molecule has 0 saturated carbocycles. The van der Waals surface area contributed by atoms with Crippen molar-refractivity contribution < 1.29 is 9.53 Å². The summed E-state index contributed by atoms with van der Waals surface area (Å²) < 4.78 is 5.34. The Morgan fingerprint density at radius 3 is 1.91 bits per heavy atom. The van der Waals surface area contributed by atoms with E-state index >= 15 is 0 Å². The monoisotopic (exact) mass is 363 g/mol. The molecule has 1 aromatic rings. The van der Waals surface area contributed by atoms with Gasteiger partial charge in [-0.1, -0.05) is 33.6 Å². The van der Waals surface area contributed by atoms with E-state index in [-0.39, 0.29) is 12.4 Å². The molecule has 0 radical (unpaired) electrons. The van der Waals surface area contributed by atoms with E-state index in [2.05, 4.69) is 19.2 Å². The summed E-state index contributed by atoms with van der Waals surface area (Å²) in [5, 5.41) is 2.94. The van der Waals surface area contributed by atoms with Crippen molar-refractivity contribution in [2.24, 2.45) is 0 Å². The Morgan fingerprint density at radius 1 is 1.00 bits per heavy atom. The van der Waals surface area contributed by atoms with Crippen molar-refractivity contribution in [2.75, 3.05) is 19.7 Å². The second-order valence-corrected chi connectivity index (χ2v) is 5.45. The van der Waals surface area contributed by atoms with E-state index in [1.165, 1.54) is 38.8 Å². The highest BCUT2D eigenvalue weighted by atomic mass is 35.5. The number of nitrogens with one attached hydrogen (secondary N) is 1. The summed E-state index contributed by atoms with van der Waals surface area (Å²) in [5.41, 5.74) is 0.491. The highest BCUT2D eigenvalue weighted by molar-refractivity contribution is 6.67. The van der Waals surface area contributed by atoms with Gasteiger partial charge in [-0.2, -0.15) is 0 Å². The number of hydrogen-bond acceptors (Lipinski definition) is 3. The van der Waals surface area contributed by atoms with E-state index in [0.29, 0.717) is 12.2 Å². The number of unbranched alkanes of at least 4 members (excludes halogenated alkanes) is 2. The Labute approximate surface area is 152 Å². The summed E-state index contributed by atoms with van der Waals surface area (Å²) in [5.74, 6) is 0.767. The third-order valence-corrected chi connectivity index (χ3v) is 3.19. The Balaban J connectivity index is 0. The lowest BCUT2D eigenvalue weighted by Crippen LogP contribution is -2.15. The first-order valence-electron chi connectivity index (χ1n) is 8.29. The van der Waals surface area contributed by atoms with Gasteiger partial charge in [-0.25, -0.2) is 0 Å². The molecule has 0 atom stereocenters. The number of carbonyl (C=O) groups is 1. The molecule has 0 fully saturated rings. The molecular formula is C18H31Cl2NO2. The van der Waals surface area contributed by atoms with Crippen LogP contribution in [0.2, 0.25) is 0 Å². The third-order valence-electron chi connectivity index (χ3n) is 2.97. The molecule has 1 aromatic carbocycles. The zero-order valence-corrected chi connectivity index (χ0v) is 16.1. The summed E-state index contributed by atoms with van der Waals surface area (Å²) in [7, 11) is 0. The van der Waals surface area contributed by atoms with E-state index in [1.807, 2.05) is 6.92 Å². The van der Waals surface area contributed by atoms with Crippen LogP contribution in [0.1, 0.15) is 63.2 Å². The third kappa shape index (κ3) is 14.5. The van der Waals surface area contributed by atoms with Crippen molar-refractivity contribution in [3.8, 4) is 5.75 Å². The lowest BCUT2D eigenvalue weighted by molar-refractivity contribution is 0.108. The van der Waals surface area contributed by atoms with Crippen molar-refractivity contribution >= 4 is 29.3 Å². The molecular weight excluding hydrogens is 333 g/mol. The van der Waals surface area contributed by atoms with E-state index in [0.717, 1.165) is 12.2 Å². The molecule has 0 aromatic heterocycles. The van der Waals surface area contributed by atoms with E-state index in [4.69, 9.17) is 16.3 Å². The number of ether oxygens (including phenoxy) is 1. The predicted octanol–water partition coefficient (Wildman–Crippen LogP) is 5.45. The SMILES string of the molecule is CCCCNCCCC.CCCOc1ccc(C(=O)Cl)cc1.Cl. The number of benzene rings is 1. The summed E-state index contributed by atoms with van der Waals surface area (Å²) >= 11 is 5.28. The molecule has 5 heteroatoms. The van der Waals surface area contributed by atoms with Crippen molar-refractivity contribution in [1.29, 1.82) is 0 Å². The second-order valence-electron chi connectivity index (χ2n) is 5.10. The van der Waals surface area contributed by atoms with Gasteiger partial charge in [0.15, 0.2) is 0 Å². The first-order valence-corrected chi connectivity index (χ1v) is 8.66. The Bertz CT molecular complexity index is 377. The zero-order valence-electron chi connectivity index (χ0n) is 14.6. The number of hydrogen-bond donors (Lipinski definition) is 1. The molecule has 0 aliphatic heterocycles. The fourth-order valence-electron chi connectivity index (χ4n) is 1.63. The smallest absolute Gasteiger partial charge is 0.252 e. The molecule has 0 amide bonds. The fourth-order valence-corrected chi connectivity index (χ4v) is 1.76. The zero-order chi connectivity index (χ0) is 16.6. The van der Waals surface area contributed by atoms with Crippen molar-refractivity contribution in [1.82, 2.24) is 5.32 Å². The number of halogens is 2. The van der Waals surface area contributed by atoms with Gasteiger partial charge in [0.05, 0.1) is 6.61 Å². The van der Waals surface area contributed by atoms with E-state index in [1.54, 1.807) is 24.3 Å². The largest absolute Gasteiger partial charge is 0.494 e. The molecule has 0 bridgehead atoms. The van der Waals surface area contributed by atoms with Crippen LogP contribution in [0.25, 0.3) is 0 Å². The second kappa shape index (κ2) is 17.6. The van der Waals surface area contributed by atoms with Crippen LogP contribution in [-0.4, -0.2) is 24.9 Å². The minimum atomic E-state index is -0.443. The first-order chi connectivity index (χ1) is 10.7. The number of carbonyl (C=O) groups excluding carboxylic acids is 1. The molecule has 0 aliphatic carbocycles. The van der Waals surface area contributed by atoms with Gasteiger partial charge in [0.25, 0.3) is 5.24 Å². The maximum Gasteiger partial charge on any atom is 0.252 e. The van der Waals surface area contributed by atoms with Crippen molar-refractivity contribution in [3.05, 3.63) is 29.8 Å². The summed E-state index contributed by atoms with van der Waals surface area (Å²) in [6.07, 6.45) is 6.22. The summed E-state index contributed by atoms with van der Waals surface area (Å²) in [4.78, 5) is 10.7. The van der Waals surface area contributed by atoms with Gasteiger partial charge in [-0.3, -0.25) is 4.79 Å². The molecule has 0 saturated heterocycles. The standard InChI is InChI=1S/C10H11ClO2.C8H19N.ClH/c1-2-7-13-9-5-3-8(4-6-9)10(11)12;1-3-5-7-9-8-6-4-2;/h3-6H,2,7H2,1H3;9H,3-8H2,1-2H3;1H. The molecule has 0 aliphatic rings. The molecule has 1 N–H and O–H groups in total. The highest BCUT2D eigenvalue weighted by Gasteiger charge is 2.00. The van der Waals surface area contributed by atoms with Crippen LogP contribution < -0.4 is 10.1 Å². The van der Waals surface area contributed by atoms with Crippen LogP contribution in [0, 0.1) is 0 Å². The van der Waals surface area contributed by atoms with Gasteiger partial charge in [-0.15, -0.1) is 12.4 Å². The van der Waals surface area contributed by atoms with Crippen molar-refractivity contribution in [3.63, 3.8) is 0 Å². The summed E-state index contributed by atoms with van der Waals surface area (Å²) in [6, 6.07) is 6.79. The minimum absolute atomic E-state index is 0. The molecule has 134 valence electrons. The summed E-state index contributed by atoms with van der Waals surface area (Å²) in [6.45, 7) is 9.58. The number of rotatable bonds is 10. The van der Waals surface area contributed by atoms with Gasteiger partial charge >= 0.3 is 0 Å². The van der Waals surface area contributed by atoms with Crippen LogP contribution in [0.3, 0.4) is 0 Å². The molecule has 0 unspecified atom stereocenters. The van der Waals surface area contributed by atoms with Gasteiger partial charge in [0.2, 0.25) is 0 Å². The van der Waals surface area contributed by atoms with Crippen LogP contribution in [0.4, 0.5) is 0 Å². The molecule has 0 spiro atoms. The molecule has 23 heavy (non-hydrogen) atoms. The highest BCUT2D eigenvalue weighted by Crippen LogP contribution is 2.13. The Morgan fingerprint density at radius 2 is 1.52 bits per heavy atom. The maximum atomic E-state index is 10.7. The average molecular weight is 364 g/mol. The van der Waals surface area contributed by atoms with Crippen LogP contribution >= 0.6 is 24.0 Å². The van der Waals surface area contributed by atoms with Crippen LogP contribution in [0.5, 0.6) is 5.75 Å². The quantitative estimate of drug-likeness (QED) is 0.443. The molecule has 1 rings (SSSR count). The van der Waals surface area contributed by atoms with Gasteiger partial charge < -0.3 is 10.1 Å². The van der Waals surface area contributed by atoms with E-state index < -0.39 is 5.24 Å². The van der Waals surface area contributed by atoms with Gasteiger partial charge in [-0.05, 0) is 68.2 Å². The fraction of sp³-hybridized carbons (Fsp3) is 0.611. The van der Waals surface area contributed by atoms with E-state index in [9.17, 15) is 4.79 Å². The van der Waals surface area contributed by atoms with Crippen molar-refractivity contribution in [2.45, 2.75) is 52.9 Å². The minimum Gasteiger partial charge on any atom is -0.494 e. The first kappa shape index (κ1) is 24.5. The predicted molar refractivity (Wildman–Crippen MR) is 102 cm³/mol. The Hall–Kier alpha value is -0.770. The Kier molecular flexibility index (Phi) is 18.7. The van der Waals surface area contributed by atoms with Crippen LogP contribution in [0.15, 0.2) is 24.3 Å². The van der Waals surface area contributed by atoms with Gasteiger partial charge in [0.1, 0.15) is 5.75 Å².